The standard InChI is InChI=1S/C52H30O2/c1-2-11-32-28-36(21-20-31(32)10-1)50-39-16-5-3-14-37(39)49(38-15-4-6-17-40(38)50)35-13-9-12-33(29-35)34-22-25-46-44(30-34)52-42-24-26-47-51(41(42)23-27-48(52)54-46)43-18-7-8-19-45(43)53-47/h1-30H. The third kappa shape index (κ3) is 4.22. The molecule has 0 N–H and O–H groups in total. The van der Waals surface area contributed by atoms with Crippen LogP contribution in [0.5, 0.6) is 0 Å². The summed E-state index contributed by atoms with van der Waals surface area (Å²) < 4.78 is 12.7. The molecule has 12 rings (SSSR count). The number of hydrogen-bond acceptors (Lipinski definition) is 2. The topological polar surface area (TPSA) is 26.3 Å². The smallest absolute Gasteiger partial charge is 0.136 e. The molecule has 0 saturated heterocycles. The zero-order valence-electron chi connectivity index (χ0n) is 29.1. The summed E-state index contributed by atoms with van der Waals surface area (Å²) in [5.41, 5.74) is 10.9. The Labute approximate surface area is 310 Å². The second-order valence-electron chi connectivity index (χ2n) is 14.4. The van der Waals surface area contributed by atoms with Gasteiger partial charge in [-0.1, -0.05) is 127 Å². The van der Waals surface area contributed by atoms with E-state index in [1.165, 1.54) is 70.9 Å². The van der Waals surface area contributed by atoms with Crippen LogP contribution < -0.4 is 0 Å². The molecule has 0 fully saturated rings. The zero-order chi connectivity index (χ0) is 35.3. The van der Waals surface area contributed by atoms with Gasteiger partial charge < -0.3 is 8.83 Å². The van der Waals surface area contributed by atoms with E-state index in [1.54, 1.807) is 0 Å². The number of benzene rings is 10. The lowest BCUT2D eigenvalue weighted by molar-refractivity contribution is 0.668. The van der Waals surface area contributed by atoms with Gasteiger partial charge in [0.25, 0.3) is 0 Å². The van der Waals surface area contributed by atoms with E-state index in [2.05, 4.69) is 170 Å². The zero-order valence-corrected chi connectivity index (χ0v) is 29.1. The Kier molecular flexibility index (Phi) is 6.09. The first kappa shape index (κ1) is 29.4. The molecule has 0 spiro atoms. The van der Waals surface area contributed by atoms with Crippen LogP contribution in [0.3, 0.4) is 0 Å². The molecule has 250 valence electrons. The lowest BCUT2D eigenvalue weighted by Gasteiger charge is -2.18. The van der Waals surface area contributed by atoms with Crippen LogP contribution in [0.2, 0.25) is 0 Å². The SMILES string of the molecule is c1cc(-c2ccc3oc4ccc5c(ccc6oc7ccccc7c65)c4c3c2)cc(-c2c3ccccc3c(-c3ccc4ccccc4c3)c3ccccc23)c1. The van der Waals surface area contributed by atoms with E-state index in [0.717, 1.165) is 49.4 Å². The Morgan fingerprint density at radius 3 is 1.41 bits per heavy atom. The largest absolute Gasteiger partial charge is 0.456 e. The minimum Gasteiger partial charge on any atom is -0.456 e. The highest BCUT2D eigenvalue weighted by Crippen LogP contribution is 2.46. The third-order valence-corrected chi connectivity index (χ3v) is 11.4. The second kappa shape index (κ2) is 11.2. The molecule has 0 aliphatic carbocycles. The fourth-order valence-corrected chi connectivity index (χ4v) is 9.03. The molecule has 12 aromatic rings. The molecule has 0 amide bonds. The van der Waals surface area contributed by atoms with Gasteiger partial charge in [-0.3, -0.25) is 0 Å². The van der Waals surface area contributed by atoms with Crippen molar-refractivity contribution in [2.45, 2.75) is 0 Å². The molecular formula is C52H30O2. The van der Waals surface area contributed by atoms with Gasteiger partial charge in [-0.2, -0.15) is 0 Å². The quantitative estimate of drug-likeness (QED) is 0.173. The normalized spacial score (nSPS) is 12.1. The Morgan fingerprint density at radius 1 is 0.241 bits per heavy atom. The van der Waals surface area contributed by atoms with E-state index in [1.807, 2.05) is 12.1 Å². The van der Waals surface area contributed by atoms with Crippen LogP contribution in [0.15, 0.2) is 191 Å². The molecule has 2 heterocycles. The van der Waals surface area contributed by atoms with Crippen LogP contribution in [0, 0.1) is 0 Å². The average molecular weight is 687 g/mol. The molecule has 0 radical (unpaired) electrons. The summed E-state index contributed by atoms with van der Waals surface area (Å²) in [4.78, 5) is 0. The lowest BCUT2D eigenvalue weighted by Crippen LogP contribution is -1.91. The summed E-state index contributed by atoms with van der Waals surface area (Å²) in [5.74, 6) is 0. The monoisotopic (exact) mass is 686 g/mol. The molecule has 0 atom stereocenters. The summed E-state index contributed by atoms with van der Waals surface area (Å²) >= 11 is 0. The maximum atomic E-state index is 6.47. The maximum Gasteiger partial charge on any atom is 0.136 e. The first-order chi connectivity index (χ1) is 26.8. The maximum absolute atomic E-state index is 6.47. The van der Waals surface area contributed by atoms with Crippen molar-refractivity contribution in [2.75, 3.05) is 0 Å². The highest BCUT2D eigenvalue weighted by atomic mass is 16.3. The molecule has 0 aliphatic rings. The summed E-state index contributed by atoms with van der Waals surface area (Å²) in [7, 11) is 0. The number of hydrogen-bond donors (Lipinski definition) is 0. The minimum atomic E-state index is 0.885. The average Bonchev–Trinajstić information content (AvgIpc) is 3.81. The van der Waals surface area contributed by atoms with Crippen LogP contribution in [-0.4, -0.2) is 0 Å². The van der Waals surface area contributed by atoms with Gasteiger partial charge in [0.2, 0.25) is 0 Å². The van der Waals surface area contributed by atoms with Gasteiger partial charge in [-0.15, -0.1) is 0 Å². The van der Waals surface area contributed by atoms with Gasteiger partial charge in [-0.05, 0) is 131 Å². The van der Waals surface area contributed by atoms with Crippen molar-refractivity contribution in [3.8, 4) is 33.4 Å². The van der Waals surface area contributed by atoms with E-state index in [-0.39, 0.29) is 0 Å². The molecule has 2 aromatic heterocycles. The van der Waals surface area contributed by atoms with Crippen molar-refractivity contribution in [1.29, 1.82) is 0 Å². The number of para-hydroxylation sites is 1. The van der Waals surface area contributed by atoms with Gasteiger partial charge in [0, 0.05) is 21.5 Å². The Morgan fingerprint density at radius 2 is 0.722 bits per heavy atom. The van der Waals surface area contributed by atoms with E-state index in [0.29, 0.717) is 0 Å². The molecule has 2 nitrogen and oxygen atoms in total. The van der Waals surface area contributed by atoms with Crippen molar-refractivity contribution in [2.24, 2.45) is 0 Å². The van der Waals surface area contributed by atoms with Crippen molar-refractivity contribution in [3.05, 3.63) is 182 Å². The summed E-state index contributed by atoms with van der Waals surface area (Å²) in [6.45, 7) is 0. The number of furan rings is 2. The predicted octanol–water partition coefficient (Wildman–Crippen LogP) is 15.1. The summed E-state index contributed by atoms with van der Waals surface area (Å²) in [6.07, 6.45) is 0. The molecule has 0 unspecified atom stereocenters. The van der Waals surface area contributed by atoms with E-state index in [4.69, 9.17) is 8.83 Å². The molecular weight excluding hydrogens is 657 g/mol. The molecule has 0 bridgehead atoms. The van der Waals surface area contributed by atoms with Crippen LogP contribution >= 0.6 is 0 Å². The second-order valence-corrected chi connectivity index (χ2v) is 14.4. The van der Waals surface area contributed by atoms with Gasteiger partial charge in [0.1, 0.15) is 22.3 Å². The highest BCUT2D eigenvalue weighted by Gasteiger charge is 2.19. The fraction of sp³-hybridized carbons (Fsp3) is 0. The van der Waals surface area contributed by atoms with Crippen LogP contribution in [-0.2, 0) is 0 Å². The molecule has 2 heteroatoms. The number of fused-ring (bicyclic) bond motifs is 12. The van der Waals surface area contributed by atoms with Crippen molar-refractivity contribution >= 4 is 87.0 Å². The van der Waals surface area contributed by atoms with Crippen LogP contribution in [0.4, 0.5) is 0 Å². The minimum absolute atomic E-state index is 0.885. The van der Waals surface area contributed by atoms with Crippen LogP contribution in [0.25, 0.3) is 120 Å². The summed E-state index contributed by atoms with van der Waals surface area (Å²) in [6, 6.07) is 65.7. The van der Waals surface area contributed by atoms with E-state index in [9.17, 15) is 0 Å². The predicted molar refractivity (Wildman–Crippen MR) is 227 cm³/mol. The molecule has 10 aromatic carbocycles. The molecule has 0 aliphatic heterocycles. The Hall–Kier alpha value is -7.16. The van der Waals surface area contributed by atoms with Gasteiger partial charge in [0.15, 0.2) is 0 Å². The molecule has 0 saturated carbocycles. The van der Waals surface area contributed by atoms with E-state index >= 15 is 0 Å². The highest BCUT2D eigenvalue weighted by molar-refractivity contribution is 6.28. The van der Waals surface area contributed by atoms with Crippen molar-refractivity contribution < 1.29 is 8.83 Å². The van der Waals surface area contributed by atoms with Crippen LogP contribution in [0.1, 0.15) is 0 Å². The lowest BCUT2D eigenvalue weighted by atomic mass is 9.85. The Balaban J connectivity index is 1.06. The summed E-state index contributed by atoms with van der Waals surface area (Å²) in [5, 5.41) is 14.4. The third-order valence-electron chi connectivity index (χ3n) is 11.4. The number of rotatable bonds is 3. The van der Waals surface area contributed by atoms with Gasteiger partial charge >= 0.3 is 0 Å². The first-order valence-electron chi connectivity index (χ1n) is 18.5. The van der Waals surface area contributed by atoms with Gasteiger partial charge in [0.05, 0.1) is 0 Å². The molecule has 54 heavy (non-hydrogen) atoms. The first-order valence-corrected chi connectivity index (χ1v) is 18.5. The fourth-order valence-electron chi connectivity index (χ4n) is 9.03. The Bertz CT molecular complexity index is 3450. The van der Waals surface area contributed by atoms with E-state index < -0.39 is 0 Å². The van der Waals surface area contributed by atoms with Gasteiger partial charge in [-0.25, -0.2) is 0 Å². The van der Waals surface area contributed by atoms with Crippen molar-refractivity contribution in [1.82, 2.24) is 0 Å². The van der Waals surface area contributed by atoms with Crippen molar-refractivity contribution in [3.63, 3.8) is 0 Å².